The van der Waals surface area contributed by atoms with Crippen molar-refractivity contribution in [2.24, 2.45) is 0 Å². The highest BCUT2D eigenvalue weighted by Gasteiger charge is 2.30. The monoisotopic (exact) mass is 579 g/mol. The topological polar surface area (TPSA) is 95.1 Å². The van der Waals surface area contributed by atoms with Crippen LogP contribution in [0.3, 0.4) is 0 Å². The maximum Gasteiger partial charge on any atom is 0.247 e. The largest absolute Gasteiger partial charge is 0.494 e. The normalized spacial score (nSPS) is 17.2. The van der Waals surface area contributed by atoms with Crippen LogP contribution in [0.4, 0.5) is 28.7 Å². The highest BCUT2D eigenvalue weighted by Crippen LogP contribution is 2.40. The second-order valence-electron chi connectivity index (χ2n) is 10.6. The molecule has 222 valence electrons. The minimum Gasteiger partial charge on any atom is -0.494 e. The van der Waals surface area contributed by atoms with Gasteiger partial charge in [0.1, 0.15) is 17.9 Å². The van der Waals surface area contributed by atoms with Crippen molar-refractivity contribution in [2.75, 3.05) is 67.0 Å². The van der Waals surface area contributed by atoms with E-state index in [4.69, 9.17) is 9.57 Å². The van der Waals surface area contributed by atoms with Crippen molar-refractivity contribution in [3.05, 3.63) is 85.2 Å². The molecule has 10 heteroatoms. The van der Waals surface area contributed by atoms with Crippen LogP contribution >= 0.6 is 0 Å². The smallest absolute Gasteiger partial charge is 0.247 e. The van der Waals surface area contributed by atoms with Crippen molar-refractivity contribution in [1.82, 2.24) is 14.9 Å². The number of carbonyl (C=O) groups excluding carboxylic acids is 1. The molecule has 3 heterocycles. The molecule has 0 saturated carbocycles. The first-order valence-electron chi connectivity index (χ1n) is 14.7. The number of hydroxylamine groups is 1. The molecule has 2 saturated heterocycles. The molecule has 43 heavy (non-hydrogen) atoms. The molecule has 1 amide bonds. The van der Waals surface area contributed by atoms with Gasteiger partial charge in [-0.3, -0.25) is 9.63 Å². The van der Waals surface area contributed by atoms with Gasteiger partial charge in [-0.15, -0.1) is 0 Å². The number of likely N-dealkylation sites (N-methyl/N-ethyl adjacent to an activating group) is 1. The predicted molar refractivity (Wildman–Crippen MR) is 171 cm³/mol. The van der Waals surface area contributed by atoms with Gasteiger partial charge in [-0.2, -0.15) is 0 Å². The van der Waals surface area contributed by atoms with Gasteiger partial charge in [0.2, 0.25) is 5.91 Å². The van der Waals surface area contributed by atoms with Crippen LogP contribution in [0.25, 0.3) is 10.8 Å². The number of aromatic nitrogens is 2. The predicted octanol–water partition coefficient (Wildman–Crippen LogP) is 5.53. The summed E-state index contributed by atoms with van der Waals surface area (Å²) in [5, 5.41) is 10.6. The molecule has 0 aliphatic carbocycles. The zero-order valence-corrected chi connectivity index (χ0v) is 24.6. The first-order valence-corrected chi connectivity index (χ1v) is 14.7. The zero-order chi connectivity index (χ0) is 29.8. The summed E-state index contributed by atoms with van der Waals surface area (Å²) in [7, 11) is 1.64. The number of hydrogen-bond acceptors (Lipinski definition) is 9. The molecule has 10 nitrogen and oxygen atoms in total. The molecule has 0 bridgehead atoms. The molecule has 3 aromatic carbocycles. The first-order chi connectivity index (χ1) is 21.1. The highest BCUT2D eigenvalue weighted by molar-refractivity contribution is 6.02. The summed E-state index contributed by atoms with van der Waals surface area (Å²) in [6.07, 6.45) is 3.64. The molecule has 0 spiro atoms. The van der Waals surface area contributed by atoms with Crippen LogP contribution in [0, 0.1) is 0 Å². The number of anilines is 5. The van der Waals surface area contributed by atoms with Crippen LogP contribution < -0.4 is 25.3 Å². The fourth-order valence-electron chi connectivity index (χ4n) is 5.88. The number of nitrogens with zero attached hydrogens (tertiary/aromatic N) is 5. The van der Waals surface area contributed by atoms with Gasteiger partial charge >= 0.3 is 0 Å². The Kier molecular flexibility index (Phi) is 8.39. The van der Waals surface area contributed by atoms with Gasteiger partial charge in [0.05, 0.1) is 36.8 Å². The number of hydrogen-bond donors (Lipinski definition) is 2. The average Bonchev–Trinajstić information content (AvgIpc) is 3.55. The van der Waals surface area contributed by atoms with E-state index in [0.29, 0.717) is 35.4 Å². The molecule has 1 aromatic heterocycles. The van der Waals surface area contributed by atoms with Crippen LogP contribution in [-0.4, -0.2) is 67.2 Å². The van der Waals surface area contributed by atoms with E-state index in [1.807, 2.05) is 23.3 Å². The summed E-state index contributed by atoms with van der Waals surface area (Å²) in [5.41, 5.74) is 3.44. The Morgan fingerprint density at radius 1 is 1.07 bits per heavy atom. The zero-order valence-electron chi connectivity index (χ0n) is 24.6. The van der Waals surface area contributed by atoms with E-state index < -0.39 is 0 Å². The van der Waals surface area contributed by atoms with Crippen molar-refractivity contribution in [3.8, 4) is 5.75 Å². The second-order valence-corrected chi connectivity index (χ2v) is 10.6. The molecule has 6 rings (SSSR count). The number of amides is 1. The Bertz CT molecular complexity index is 1610. The number of benzene rings is 3. The number of piperazine rings is 1. The Morgan fingerprint density at radius 2 is 1.88 bits per heavy atom. The van der Waals surface area contributed by atoms with Crippen molar-refractivity contribution < 1.29 is 14.4 Å². The quantitative estimate of drug-likeness (QED) is 0.248. The lowest BCUT2D eigenvalue weighted by Crippen LogP contribution is -2.46. The van der Waals surface area contributed by atoms with E-state index >= 15 is 0 Å². The van der Waals surface area contributed by atoms with Gasteiger partial charge in [-0.05, 0) is 35.0 Å². The molecule has 2 fully saturated rings. The summed E-state index contributed by atoms with van der Waals surface area (Å²) in [6, 6.07) is 20.5. The number of fused-ring (bicyclic) bond motifs is 1. The molecule has 2 aliphatic rings. The summed E-state index contributed by atoms with van der Waals surface area (Å²) in [6.45, 7) is 11.0. The van der Waals surface area contributed by atoms with Gasteiger partial charge in [0.25, 0.3) is 0 Å². The summed E-state index contributed by atoms with van der Waals surface area (Å²) in [5.74, 6) is 1.58. The Labute approximate surface area is 251 Å². The van der Waals surface area contributed by atoms with E-state index in [-0.39, 0.29) is 11.9 Å². The number of methoxy groups -OCH3 is 1. The maximum atomic E-state index is 12.4. The van der Waals surface area contributed by atoms with Crippen LogP contribution in [0.1, 0.15) is 24.9 Å². The van der Waals surface area contributed by atoms with Crippen LogP contribution in [0.5, 0.6) is 5.75 Å². The Morgan fingerprint density at radius 3 is 2.67 bits per heavy atom. The number of ether oxygens (including phenoxy) is 1. The molecule has 2 aliphatic heterocycles. The lowest BCUT2D eigenvalue weighted by atomic mass is 9.97. The fourth-order valence-corrected chi connectivity index (χ4v) is 5.88. The number of carbonyl (C=O) groups is 1. The lowest BCUT2D eigenvalue weighted by Gasteiger charge is -2.36. The summed E-state index contributed by atoms with van der Waals surface area (Å²) < 4.78 is 5.81. The standard InChI is InChI=1S/C33H37N7O3/c1-4-33(41)37-26-19-27(30(42-3)20-29(26)39-16-14-38(5-2)15-17-39)36-31-21-32(35-22-34-31)40-28(13-18-43-40)25-12-8-10-23-9-6-7-11-24(23)25/h4,6-12,19-22,28H,1,5,13-18H2,2-3H3,(H,37,41)(H,34,35,36)/t28-/m1/s1. The number of rotatable bonds is 9. The van der Waals surface area contributed by atoms with E-state index in [9.17, 15) is 4.79 Å². The molecule has 0 radical (unpaired) electrons. The Balaban J connectivity index is 1.30. The van der Waals surface area contributed by atoms with Crippen LogP contribution in [0.15, 0.2) is 79.6 Å². The van der Waals surface area contributed by atoms with E-state index in [1.165, 1.54) is 28.7 Å². The summed E-state index contributed by atoms with van der Waals surface area (Å²) >= 11 is 0. The van der Waals surface area contributed by atoms with E-state index in [0.717, 1.165) is 44.8 Å². The molecular weight excluding hydrogens is 542 g/mol. The third kappa shape index (κ3) is 5.97. The lowest BCUT2D eigenvalue weighted by molar-refractivity contribution is -0.111. The Hall–Kier alpha value is -4.67. The van der Waals surface area contributed by atoms with E-state index in [2.05, 4.69) is 86.4 Å². The van der Waals surface area contributed by atoms with Crippen LogP contribution in [0.2, 0.25) is 0 Å². The van der Waals surface area contributed by atoms with Crippen LogP contribution in [-0.2, 0) is 9.63 Å². The molecule has 0 unspecified atom stereocenters. The average molecular weight is 580 g/mol. The summed E-state index contributed by atoms with van der Waals surface area (Å²) in [4.78, 5) is 32.2. The third-order valence-corrected chi connectivity index (χ3v) is 8.15. The molecule has 2 N–H and O–H groups in total. The van der Waals surface area contributed by atoms with Crippen molar-refractivity contribution >= 4 is 45.4 Å². The van der Waals surface area contributed by atoms with Crippen molar-refractivity contribution in [1.29, 1.82) is 0 Å². The molecular formula is C33H37N7O3. The first kappa shape index (κ1) is 28.4. The minimum absolute atomic E-state index is 0.0107. The van der Waals surface area contributed by atoms with Gasteiger partial charge in [-0.25, -0.2) is 15.0 Å². The third-order valence-electron chi connectivity index (χ3n) is 8.15. The van der Waals surface area contributed by atoms with E-state index in [1.54, 1.807) is 7.11 Å². The second kappa shape index (κ2) is 12.7. The minimum atomic E-state index is -0.278. The van der Waals surface area contributed by atoms with Crippen molar-refractivity contribution in [3.63, 3.8) is 0 Å². The molecule has 4 aromatic rings. The van der Waals surface area contributed by atoms with Gasteiger partial charge in [0, 0.05) is 44.7 Å². The fraction of sp³-hybridized carbons (Fsp3) is 0.303. The van der Waals surface area contributed by atoms with Gasteiger partial charge in [0.15, 0.2) is 5.82 Å². The van der Waals surface area contributed by atoms with Crippen molar-refractivity contribution in [2.45, 2.75) is 19.4 Å². The highest BCUT2D eigenvalue weighted by atomic mass is 16.7. The van der Waals surface area contributed by atoms with Gasteiger partial charge < -0.3 is 25.2 Å². The maximum absolute atomic E-state index is 12.4. The number of nitrogens with one attached hydrogen (secondary N) is 2. The molecule has 1 atom stereocenters. The van der Waals surface area contributed by atoms with Gasteiger partial charge in [-0.1, -0.05) is 56.0 Å². The SMILES string of the molecule is C=CC(=O)Nc1cc(Nc2cc(N3OCC[C@@H]3c3cccc4ccccc34)ncn2)c(OC)cc1N1CCN(CC)CC1.